The molecule has 0 fully saturated rings. The molecule has 1 atom stereocenters. The number of amides is 1. The Kier molecular flexibility index (Phi) is 6.18. The summed E-state index contributed by atoms with van der Waals surface area (Å²) in [5, 5.41) is 12.3. The highest BCUT2D eigenvalue weighted by Gasteiger charge is 2.17. The van der Waals surface area contributed by atoms with Crippen molar-refractivity contribution in [1.82, 2.24) is 5.32 Å². The molecule has 0 aliphatic carbocycles. The van der Waals surface area contributed by atoms with Crippen molar-refractivity contribution in [2.45, 2.75) is 25.9 Å². The summed E-state index contributed by atoms with van der Waals surface area (Å²) in [5.41, 5.74) is 2.84. The van der Waals surface area contributed by atoms with E-state index in [1.54, 1.807) is 7.05 Å². The van der Waals surface area contributed by atoms with Gasteiger partial charge in [0, 0.05) is 24.8 Å². The highest BCUT2D eigenvalue weighted by atomic mass is 16.3. The molecule has 1 amide bonds. The van der Waals surface area contributed by atoms with E-state index in [0.29, 0.717) is 12.1 Å². The Morgan fingerprint density at radius 1 is 1.13 bits per heavy atom. The van der Waals surface area contributed by atoms with Gasteiger partial charge < -0.3 is 15.3 Å². The van der Waals surface area contributed by atoms with Crippen LogP contribution in [0.1, 0.15) is 29.3 Å². The summed E-state index contributed by atoms with van der Waals surface area (Å²) in [6, 6.07) is 17.7. The highest BCUT2D eigenvalue weighted by molar-refractivity contribution is 5.93. The second-order valence-electron chi connectivity index (χ2n) is 5.48. The molecule has 1 unspecified atom stereocenters. The van der Waals surface area contributed by atoms with Gasteiger partial charge >= 0.3 is 0 Å². The molecule has 4 nitrogen and oxygen atoms in total. The fourth-order valence-electron chi connectivity index (χ4n) is 2.60. The Bertz CT molecular complexity index is 607. The zero-order valence-corrected chi connectivity index (χ0v) is 13.7. The summed E-state index contributed by atoms with van der Waals surface area (Å²) < 4.78 is 0. The highest BCUT2D eigenvalue weighted by Crippen LogP contribution is 2.21. The molecule has 2 aromatic carbocycles. The number of aliphatic hydroxyl groups excluding tert-OH is 1. The molecule has 0 bridgehead atoms. The van der Waals surface area contributed by atoms with Crippen molar-refractivity contribution >= 4 is 11.6 Å². The van der Waals surface area contributed by atoms with Crippen LogP contribution in [0.25, 0.3) is 0 Å². The molecule has 0 heterocycles. The van der Waals surface area contributed by atoms with Crippen LogP contribution in [0.5, 0.6) is 0 Å². The van der Waals surface area contributed by atoms with Crippen molar-refractivity contribution in [1.29, 1.82) is 0 Å². The quantitative estimate of drug-likeness (QED) is 0.826. The van der Waals surface area contributed by atoms with E-state index in [-0.39, 0.29) is 18.6 Å². The number of nitrogens with one attached hydrogen (secondary N) is 1. The van der Waals surface area contributed by atoms with Crippen molar-refractivity contribution < 1.29 is 9.90 Å². The molecule has 0 aliphatic rings. The largest absolute Gasteiger partial charge is 0.394 e. The van der Waals surface area contributed by atoms with Gasteiger partial charge in [-0.1, -0.05) is 37.3 Å². The summed E-state index contributed by atoms with van der Waals surface area (Å²) >= 11 is 0. The van der Waals surface area contributed by atoms with Crippen LogP contribution in [-0.2, 0) is 6.54 Å². The molecule has 4 heteroatoms. The molecule has 2 rings (SSSR count). The number of nitrogens with zero attached hydrogens (tertiary/aromatic N) is 1. The predicted molar refractivity (Wildman–Crippen MR) is 93.6 cm³/mol. The van der Waals surface area contributed by atoms with Gasteiger partial charge in [0.15, 0.2) is 0 Å². The van der Waals surface area contributed by atoms with Crippen LogP contribution in [0, 0.1) is 0 Å². The summed E-state index contributed by atoms with van der Waals surface area (Å²) in [6.45, 7) is 2.88. The van der Waals surface area contributed by atoms with E-state index in [1.807, 2.05) is 42.5 Å². The lowest BCUT2D eigenvalue weighted by molar-refractivity contribution is 0.0963. The first kappa shape index (κ1) is 17.0. The number of aliphatic hydroxyl groups is 1. The van der Waals surface area contributed by atoms with E-state index >= 15 is 0 Å². The molecule has 0 aromatic heterocycles. The molecule has 2 N–H and O–H groups in total. The van der Waals surface area contributed by atoms with Crippen LogP contribution < -0.4 is 10.2 Å². The minimum absolute atomic E-state index is 0.0658. The Hall–Kier alpha value is -2.33. The van der Waals surface area contributed by atoms with E-state index in [2.05, 4.69) is 29.3 Å². The number of hydrogen-bond donors (Lipinski definition) is 2. The second-order valence-corrected chi connectivity index (χ2v) is 5.48. The number of para-hydroxylation sites is 1. The lowest BCUT2D eigenvalue weighted by Crippen LogP contribution is -2.37. The van der Waals surface area contributed by atoms with Crippen LogP contribution in [0.4, 0.5) is 5.69 Å². The smallest absolute Gasteiger partial charge is 0.251 e. The van der Waals surface area contributed by atoms with Crippen molar-refractivity contribution in [3.8, 4) is 0 Å². The standard InChI is InChI=1S/C19H24N2O2/c1-3-17(14-22)21(18-7-5-4-6-8-18)13-15-9-11-16(12-10-15)19(23)20-2/h4-12,17,22H,3,13-14H2,1-2H3,(H,20,23). The van der Waals surface area contributed by atoms with Crippen LogP contribution in [-0.4, -0.2) is 30.7 Å². The van der Waals surface area contributed by atoms with Gasteiger partial charge in [0.1, 0.15) is 0 Å². The molecule has 122 valence electrons. The summed E-state index contributed by atoms with van der Waals surface area (Å²) in [7, 11) is 1.63. The molecular weight excluding hydrogens is 288 g/mol. The first-order valence-electron chi connectivity index (χ1n) is 7.93. The van der Waals surface area contributed by atoms with E-state index < -0.39 is 0 Å². The van der Waals surface area contributed by atoms with Gasteiger partial charge in [-0.15, -0.1) is 0 Å². The van der Waals surface area contributed by atoms with Gasteiger partial charge in [0.05, 0.1) is 12.6 Å². The van der Waals surface area contributed by atoms with Crippen LogP contribution in [0.2, 0.25) is 0 Å². The average Bonchev–Trinajstić information content (AvgIpc) is 2.62. The maximum atomic E-state index is 11.6. The second kappa shape index (κ2) is 8.34. The number of carbonyl (C=O) groups is 1. The maximum absolute atomic E-state index is 11.6. The number of carbonyl (C=O) groups excluding carboxylic acids is 1. The third-order valence-electron chi connectivity index (χ3n) is 4.01. The Morgan fingerprint density at radius 3 is 2.30 bits per heavy atom. The van der Waals surface area contributed by atoms with Gasteiger partial charge in [-0.2, -0.15) is 0 Å². The summed E-state index contributed by atoms with van der Waals surface area (Å²) in [6.07, 6.45) is 0.863. The van der Waals surface area contributed by atoms with Crippen molar-refractivity contribution in [2.24, 2.45) is 0 Å². The third-order valence-corrected chi connectivity index (χ3v) is 4.01. The first-order valence-corrected chi connectivity index (χ1v) is 7.93. The molecule has 2 aromatic rings. The van der Waals surface area contributed by atoms with E-state index in [4.69, 9.17) is 0 Å². The lowest BCUT2D eigenvalue weighted by atomic mass is 10.1. The topological polar surface area (TPSA) is 52.6 Å². The minimum Gasteiger partial charge on any atom is -0.394 e. The molecule has 0 radical (unpaired) electrons. The van der Waals surface area contributed by atoms with E-state index in [0.717, 1.165) is 17.7 Å². The third kappa shape index (κ3) is 4.33. The number of anilines is 1. The Labute approximate surface area is 137 Å². The zero-order chi connectivity index (χ0) is 16.7. The van der Waals surface area contributed by atoms with Crippen molar-refractivity contribution in [3.05, 3.63) is 65.7 Å². The summed E-state index contributed by atoms with van der Waals surface area (Å²) in [5.74, 6) is -0.0849. The minimum atomic E-state index is -0.0849. The van der Waals surface area contributed by atoms with Crippen molar-refractivity contribution in [3.63, 3.8) is 0 Å². The molecule has 0 saturated heterocycles. The molecule has 0 saturated carbocycles. The SMILES string of the molecule is CCC(CO)N(Cc1ccc(C(=O)NC)cc1)c1ccccc1. The predicted octanol–water partition coefficient (Wildman–Crippen LogP) is 2.82. The molecule has 0 spiro atoms. The van der Waals surface area contributed by atoms with E-state index in [9.17, 15) is 9.90 Å². The van der Waals surface area contributed by atoms with Gasteiger partial charge in [-0.25, -0.2) is 0 Å². The maximum Gasteiger partial charge on any atom is 0.251 e. The zero-order valence-electron chi connectivity index (χ0n) is 13.7. The summed E-state index contributed by atoms with van der Waals surface area (Å²) in [4.78, 5) is 13.8. The van der Waals surface area contributed by atoms with Gasteiger partial charge in [0.2, 0.25) is 0 Å². The fraction of sp³-hybridized carbons (Fsp3) is 0.316. The average molecular weight is 312 g/mol. The molecule has 23 heavy (non-hydrogen) atoms. The monoisotopic (exact) mass is 312 g/mol. The van der Waals surface area contributed by atoms with Crippen molar-refractivity contribution in [2.75, 3.05) is 18.6 Å². The van der Waals surface area contributed by atoms with Gasteiger partial charge in [-0.3, -0.25) is 4.79 Å². The van der Waals surface area contributed by atoms with E-state index in [1.165, 1.54) is 0 Å². The van der Waals surface area contributed by atoms with Crippen LogP contribution >= 0.6 is 0 Å². The number of rotatable bonds is 7. The normalized spacial score (nSPS) is 11.8. The fourth-order valence-corrected chi connectivity index (χ4v) is 2.60. The first-order chi connectivity index (χ1) is 11.2. The lowest BCUT2D eigenvalue weighted by Gasteiger charge is -2.32. The Balaban J connectivity index is 2.22. The number of benzene rings is 2. The van der Waals surface area contributed by atoms with Crippen LogP contribution in [0.3, 0.4) is 0 Å². The van der Waals surface area contributed by atoms with Crippen LogP contribution in [0.15, 0.2) is 54.6 Å². The number of hydrogen-bond acceptors (Lipinski definition) is 3. The molecule has 0 aliphatic heterocycles. The Morgan fingerprint density at radius 2 is 1.78 bits per heavy atom. The van der Waals surface area contributed by atoms with Gasteiger partial charge in [-0.05, 0) is 36.2 Å². The molecular formula is C19H24N2O2. The van der Waals surface area contributed by atoms with Gasteiger partial charge in [0.25, 0.3) is 5.91 Å².